The quantitative estimate of drug-likeness (QED) is 0.480. The first kappa shape index (κ1) is 25.3. The summed E-state index contributed by atoms with van der Waals surface area (Å²) in [6.45, 7) is 2.11. The molecule has 3 aromatic rings. The summed E-state index contributed by atoms with van der Waals surface area (Å²) in [6, 6.07) is 21.3. The van der Waals surface area contributed by atoms with Crippen LogP contribution in [-0.4, -0.2) is 40.0 Å². The van der Waals surface area contributed by atoms with E-state index < -0.39 is 30.0 Å². The lowest BCUT2D eigenvalue weighted by molar-refractivity contribution is -0.142. The fourth-order valence-electron chi connectivity index (χ4n) is 4.94. The molecule has 1 aliphatic heterocycles. The van der Waals surface area contributed by atoms with Gasteiger partial charge in [-0.25, -0.2) is 4.79 Å². The Hall–Kier alpha value is -3.84. The molecule has 0 spiro atoms. The van der Waals surface area contributed by atoms with Crippen LogP contribution in [0, 0.1) is 0 Å². The van der Waals surface area contributed by atoms with Crippen LogP contribution in [0.25, 0.3) is 0 Å². The Morgan fingerprint density at radius 1 is 1.03 bits per heavy atom. The van der Waals surface area contributed by atoms with Gasteiger partial charge in [-0.3, -0.25) is 14.5 Å². The number of carboxylic acid groups (broad SMARTS) is 1. The van der Waals surface area contributed by atoms with Crippen molar-refractivity contribution in [3.8, 4) is 0 Å². The van der Waals surface area contributed by atoms with Gasteiger partial charge in [0.1, 0.15) is 6.04 Å². The molecule has 1 heterocycles. The first-order valence-corrected chi connectivity index (χ1v) is 12.1. The predicted octanol–water partition coefficient (Wildman–Crippen LogP) is 4.83. The molecule has 0 bridgehead atoms. The van der Waals surface area contributed by atoms with E-state index in [1.165, 1.54) is 4.90 Å². The molecule has 0 saturated heterocycles. The van der Waals surface area contributed by atoms with E-state index in [1.54, 1.807) is 29.2 Å². The van der Waals surface area contributed by atoms with Crippen molar-refractivity contribution in [1.82, 2.24) is 4.90 Å². The smallest absolute Gasteiger partial charge is 0.320 e. The van der Waals surface area contributed by atoms with Gasteiger partial charge in [0, 0.05) is 29.2 Å². The van der Waals surface area contributed by atoms with Crippen LogP contribution in [0.5, 0.6) is 0 Å². The lowest BCUT2D eigenvalue weighted by atomic mass is 9.87. The highest BCUT2D eigenvalue weighted by Crippen LogP contribution is 2.33. The first-order valence-electron chi connectivity index (χ1n) is 11.7. The van der Waals surface area contributed by atoms with Gasteiger partial charge in [0.05, 0.1) is 6.42 Å². The van der Waals surface area contributed by atoms with E-state index in [1.807, 2.05) is 61.5 Å². The van der Waals surface area contributed by atoms with Crippen molar-refractivity contribution in [3.63, 3.8) is 0 Å². The number of benzene rings is 3. The molecule has 1 aliphatic rings. The zero-order valence-electron chi connectivity index (χ0n) is 19.9. The normalized spacial score (nSPS) is 16.5. The molecule has 0 fully saturated rings. The number of urea groups is 1. The highest BCUT2D eigenvalue weighted by atomic mass is 35.5. The Morgan fingerprint density at radius 3 is 2.33 bits per heavy atom. The summed E-state index contributed by atoms with van der Waals surface area (Å²) in [4.78, 5) is 41.8. The summed E-state index contributed by atoms with van der Waals surface area (Å²) >= 11 is 6.22. The number of rotatable bonds is 7. The SMILES string of the molecule is C[C@H](c1ccccc1)[C@@H](C(=O)N1Cc2ccccc2C[C@@H]1CC(=O)O)N(C(N)=O)c1cccc(Cl)c1. The average molecular weight is 506 g/mol. The van der Waals surface area contributed by atoms with Crippen molar-refractivity contribution in [2.24, 2.45) is 5.73 Å². The molecule has 0 unspecified atom stereocenters. The number of carboxylic acids is 1. The summed E-state index contributed by atoms with van der Waals surface area (Å²) in [7, 11) is 0. The van der Waals surface area contributed by atoms with Gasteiger partial charge in [-0.05, 0) is 41.3 Å². The number of nitrogens with two attached hydrogens (primary N) is 1. The third-order valence-electron chi connectivity index (χ3n) is 6.70. The lowest BCUT2D eigenvalue weighted by Crippen LogP contribution is -2.58. The number of carbonyl (C=O) groups excluding carboxylic acids is 2. The van der Waals surface area contributed by atoms with E-state index in [9.17, 15) is 19.5 Å². The third kappa shape index (κ3) is 5.36. The molecule has 3 aromatic carbocycles. The maximum Gasteiger partial charge on any atom is 0.320 e. The number of fused-ring (bicyclic) bond motifs is 1. The Kier molecular flexibility index (Phi) is 7.60. The summed E-state index contributed by atoms with van der Waals surface area (Å²) in [6.07, 6.45) is 0.203. The second kappa shape index (κ2) is 10.8. The van der Waals surface area contributed by atoms with E-state index in [4.69, 9.17) is 17.3 Å². The van der Waals surface area contributed by atoms with E-state index in [0.29, 0.717) is 17.1 Å². The molecule has 7 nitrogen and oxygen atoms in total. The highest BCUT2D eigenvalue weighted by Gasteiger charge is 2.41. The van der Waals surface area contributed by atoms with Crippen molar-refractivity contribution in [3.05, 3.63) is 101 Å². The molecule has 0 aliphatic carbocycles. The van der Waals surface area contributed by atoms with Crippen LogP contribution in [0.15, 0.2) is 78.9 Å². The van der Waals surface area contributed by atoms with Crippen molar-refractivity contribution < 1.29 is 19.5 Å². The second-order valence-corrected chi connectivity index (χ2v) is 9.46. The number of hydrogen-bond donors (Lipinski definition) is 2. The van der Waals surface area contributed by atoms with Crippen molar-refractivity contribution >= 4 is 35.2 Å². The molecule has 3 atom stereocenters. The molecule has 0 radical (unpaired) electrons. The Balaban J connectivity index is 1.82. The van der Waals surface area contributed by atoms with E-state index >= 15 is 0 Å². The Morgan fingerprint density at radius 2 is 1.69 bits per heavy atom. The van der Waals surface area contributed by atoms with Gasteiger partial charge in [0.15, 0.2) is 0 Å². The summed E-state index contributed by atoms with van der Waals surface area (Å²) in [5.41, 5.74) is 9.08. The maximum absolute atomic E-state index is 14.4. The molecule has 36 heavy (non-hydrogen) atoms. The number of nitrogens with zero attached hydrogens (tertiary/aromatic N) is 2. The number of anilines is 1. The largest absolute Gasteiger partial charge is 0.481 e. The van der Waals surface area contributed by atoms with Crippen molar-refractivity contribution in [1.29, 1.82) is 0 Å². The predicted molar refractivity (Wildman–Crippen MR) is 139 cm³/mol. The maximum atomic E-state index is 14.4. The molecule has 186 valence electrons. The van der Waals surface area contributed by atoms with Crippen LogP contribution >= 0.6 is 11.6 Å². The van der Waals surface area contributed by atoms with Gasteiger partial charge in [-0.1, -0.05) is 79.2 Å². The summed E-state index contributed by atoms with van der Waals surface area (Å²) < 4.78 is 0. The van der Waals surface area contributed by atoms with Crippen LogP contribution in [0.4, 0.5) is 10.5 Å². The van der Waals surface area contributed by atoms with Crippen molar-refractivity contribution in [2.45, 2.75) is 44.3 Å². The van der Waals surface area contributed by atoms with E-state index in [-0.39, 0.29) is 18.9 Å². The monoisotopic (exact) mass is 505 g/mol. The first-order chi connectivity index (χ1) is 17.3. The summed E-state index contributed by atoms with van der Waals surface area (Å²) in [5, 5.41) is 10.0. The minimum Gasteiger partial charge on any atom is -0.481 e. The molecule has 0 saturated carbocycles. The number of hydrogen-bond acceptors (Lipinski definition) is 3. The third-order valence-corrected chi connectivity index (χ3v) is 6.94. The van der Waals surface area contributed by atoms with E-state index in [2.05, 4.69) is 0 Å². The molecule has 8 heteroatoms. The van der Waals surface area contributed by atoms with E-state index in [0.717, 1.165) is 16.7 Å². The minimum atomic E-state index is -1.02. The van der Waals surface area contributed by atoms with Crippen molar-refractivity contribution in [2.75, 3.05) is 4.90 Å². The zero-order valence-corrected chi connectivity index (χ0v) is 20.6. The topological polar surface area (TPSA) is 104 Å². The molecule has 4 rings (SSSR count). The number of amides is 3. The second-order valence-electron chi connectivity index (χ2n) is 9.02. The fraction of sp³-hybridized carbons (Fsp3) is 0.250. The standard InChI is InChI=1S/C28H28ClN3O4/c1-18(19-8-3-2-4-9-19)26(32(28(30)36)23-13-7-12-22(29)15-23)27(35)31-17-21-11-6-5-10-20(21)14-24(31)16-25(33)34/h2-13,15,18,24,26H,14,16-17H2,1H3,(H2,30,36)(H,33,34)/t18-,24-,26+/m1/s1. The van der Waals surface area contributed by atoms with Gasteiger partial charge < -0.3 is 15.7 Å². The Labute approximate surface area is 215 Å². The number of carbonyl (C=O) groups is 3. The Bertz CT molecular complexity index is 1270. The molecule has 0 aromatic heterocycles. The van der Waals surface area contributed by atoms with Gasteiger partial charge in [-0.15, -0.1) is 0 Å². The highest BCUT2D eigenvalue weighted by molar-refractivity contribution is 6.31. The number of halogens is 1. The van der Waals surface area contributed by atoms with Crippen LogP contribution < -0.4 is 10.6 Å². The average Bonchev–Trinajstić information content (AvgIpc) is 2.86. The molecular weight excluding hydrogens is 478 g/mol. The van der Waals surface area contributed by atoms with Gasteiger partial charge >= 0.3 is 12.0 Å². The molecule has 3 N–H and O–H groups in total. The van der Waals surface area contributed by atoms with Crippen LogP contribution in [0.1, 0.15) is 36.0 Å². The lowest BCUT2D eigenvalue weighted by Gasteiger charge is -2.42. The number of aliphatic carboxylic acids is 1. The molecular formula is C28H28ClN3O4. The number of primary amides is 1. The summed E-state index contributed by atoms with van der Waals surface area (Å²) in [5.74, 6) is -1.81. The zero-order chi connectivity index (χ0) is 25.8. The minimum absolute atomic E-state index is 0.208. The molecule has 3 amide bonds. The van der Waals surface area contributed by atoms with Gasteiger partial charge in [-0.2, -0.15) is 0 Å². The van der Waals surface area contributed by atoms with Crippen LogP contribution in [0.2, 0.25) is 5.02 Å². The fourth-order valence-corrected chi connectivity index (χ4v) is 5.12. The van der Waals surface area contributed by atoms with Crippen LogP contribution in [0.3, 0.4) is 0 Å². The van der Waals surface area contributed by atoms with Gasteiger partial charge in [0.2, 0.25) is 5.91 Å². The van der Waals surface area contributed by atoms with Crippen LogP contribution in [-0.2, 0) is 22.6 Å². The van der Waals surface area contributed by atoms with Gasteiger partial charge in [0.25, 0.3) is 0 Å².